The van der Waals surface area contributed by atoms with Crippen molar-refractivity contribution in [3.05, 3.63) is 38.9 Å². The number of nitro benzene ring substituents is 1. The number of non-ortho nitro benzene ring substituents is 1. The summed E-state index contributed by atoms with van der Waals surface area (Å²) in [5.74, 6) is 0.193. The average Bonchev–Trinajstić information content (AvgIpc) is 2.49. The third kappa shape index (κ3) is 3.94. The highest BCUT2D eigenvalue weighted by Crippen LogP contribution is 2.27. The van der Waals surface area contributed by atoms with Crippen molar-refractivity contribution in [1.29, 1.82) is 0 Å². The monoisotopic (exact) mass is 310 g/mol. The number of nitrogens with zero attached hydrogens (tertiary/aromatic N) is 2. The maximum atomic E-state index is 12.4. The van der Waals surface area contributed by atoms with Crippen LogP contribution in [0.3, 0.4) is 0 Å². The number of amides is 1. The lowest BCUT2D eigenvalue weighted by Crippen LogP contribution is -2.33. The van der Waals surface area contributed by atoms with Gasteiger partial charge >= 0.3 is 0 Å². The number of halogens is 1. The molecule has 5 nitrogen and oxygen atoms in total. The molecule has 0 saturated heterocycles. The van der Waals surface area contributed by atoms with E-state index in [1.165, 1.54) is 24.6 Å². The standard InChI is InChI=1S/C15H19ClN2O3/c1-17(15(19)11-5-3-2-4-6-11)10-12-9-13(18(20)21)7-8-14(12)16/h7-9,11H,2-6,10H2,1H3. The fraction of sp³-hybridized carbons (Fsp3) is 0.533. The molecule has 6 heteroatoms. The molecule has 1 aromatic carbocycles. The first kappa shape index (κ1) is 15.8. The summed E-state index contributed by atoms with van der Waals surface area (Å²) in [6, 6.07) is 4.32. The van der Waals surface area contributed by atoms with Gasteiger partial charge in [0, 0.05) is 36.7 Å². The molecule has 0 unspecified atom stereocenters. The first-order valence-electron chi connectivity index (χ1n) is 7.17. The molecule has 0 N–H and O–H groups in total. The summed E-state index contributed by atoms with van der Waals surface area (Å²) in [6.07, 6.45) is 5.27. The van der Waals surface area contributed by atoms with Gasteiger partial charge in [-0.15, -0.1) is 0 Å². The molecule has 1 amide bonds. The van der Waals surface area contributed by atoms with Crippen LogP contribution in [0.1, 0.15) is 37.7 Å². The first-order valence-corrected chi connectivity index (χ1v) is 7.54. The predicted octanol–water partition coefficient (Wildman–Crippen LogP) is 3.79. The summed E-state index contributed by atoms with van der Waals surface area (Å²) in [7, 11) is 1.73. The van der Waals surface area contributed by atoms with Gasteiger partial charge in [-0.25, -0.2) is 0 Å². The first-order chi connectivity index (χ1) is 9.99. The lowest BCUT2D eigenvalue weighted by molar-refractivity contribution is -0.384. The number of carbonyl (C=O) groups excluding carboxylic acids is 1. The van der Waals surface area contributed by atoms with E-state index in [0.717, 1.165) is 25.7 Å². The van der Waals surface area contributed by atoms with Gasteiger partial charge in [0.1, 0.15) is 0 Å². The average molecular weight is 311 g/mol. The van der Waals surface area contributed by atoms with Gasteiger partial charge in [0.2, 0.25) is 5.91 Å². The van der Waals surface area contributed by atoms with E-state index in [-0.39, 0.29) is 17.5 Å². The Balaban J connectivity index is 2.07. The van der Waals surface area contributed by atoms with Crippen molar-refractivity contribution in [3.8, 4) is 0 Å². The molecule has 2 rings (SSSR count). The van der Waals surface area contributed by atoms with Gasteiger partial charge in [-0.3, -0.25) is 14.9 Å². The summed E-state index contributed by atoms with van der Waals surface area (Å²) >= 11 is 6.07. The zero-order valence-electron chi connectivity index (χ0n) is 12.0. The minimum Gasteiger partial charge on any atom is -0.341 e. The van der Waals surface area contributed by atoms with Crippen LogP contribution in [0.15, 0.2) is 18.2 Å². The van der Waals surface area contributed by atoms with E-state index >= 15 is 0 Å². The zero-order valence-corrected chi connectivity index (χ0v) is 12.8. The van der Waals surface area contributed by atoms with Crippen molar-refractivity contribution in [2.75, 3.05) is 7.05 Å². The fourth-order valence-corrected chi connectivity index (χ4v) is 2.97. The molecular formula is C15H19ClN2O3. The number of hydrogen-bond acceptors (Lipinski definition) is 3. The third-order valence-electron chi connectivity index (χ3n) is 3.98. The topological polar surface area (TPSA) is 63.4 Å². The Labute approximate surface area is 129 Å². The lowest BCUT2D eigenvalue weighted by Gasteiger charge is -2.26. The van der Waals surface area contributed by atoms with Crippen LogP contribution in [-0.4, -0.2) is 22.8 Å². The number of rotatable bonds is 4. The van der Waals surface area contributed by atoms with Gasteiger partial charge in [0.05, 0.1) is 4.92 Å². The van der Waals surface area contributed by atoms with Crippen LogP contribution in [0.2, 0.25) is 5.02 Å². The Morgan fingerprint density at radius 2 is 2.05 bits per heavy atom. The van der Waals surface area contributed by atoms with Crippen LogP contribution in [-0.2, 0) is 11.3 Å². The second-order valence-electron chi connectivity index (χ2n) is 5.56. The van der Waals surface area contributed by atoms with Gasteiger partial charge in [-0.1, -0.05) is 30.9 Å². The highest BCUT2D eigenvalue weighted by Gasteiger charge is 2.24. The molecule has 1 fully saturated rings. The maximum Gasteiger partial charge on any atom is 0.269 e. The van der Waals surface area contributed by atoms with Gasteiger partial charge in [-0.2, -0.15) is 0 Å². The van der Waals surface area contributed by atoms with E-state index in [1.54, 1.807) is 11.9 Å². The van der Waals surface area contributed by atoms with Crippen LogP contribution in [0.4, 0.5) is 5.69 Å². The Bertz CT molecular complexity index is 542. The molecule has 0 heterocycles. The number of benzene rings is 1. The maximum absolute atomic E-state index is 12.4. The SMILES string of the molecule is CN(Cc1cc([N+](=O)[O-])ccc1Cl)C(=O)C1CCCCC1. The summed E-state index contributed by atoms with van der Waals surface area (Å²) in [5.41, 5.74) is 0.602. The molecule has 1 aliphatic rings. The molecule has 1 aromatic rings. The lowest BCUT2D eigenvalue weighted by atomic mass is 9.88. The third-order valence-corrected chi connectivity index (χ3v) is 4.35. The molecule has 21 heavy (non-hydrogen) atoms. The Hall–Kier alpha value is -1.62. The molecule has 0 radical (unpaired) electrons. The minimum absolute atomic E-state index is 0.00656. The molecule has 1 saturated carbocycles. The van der Waals surface area contributed by atoms with Crippen molar-refractivity contribution in [2.45, 2.75) is 38.6 Å². The van der Waals surface area contributed by atoms with Gasteiger partial charge in [-0.05, 0) is 24.5 Å². The van der Waals surface area contributed by atoms with Crippen molar-refractivity contribution in [1.82, 2.24) is 4.90 Å². The Morgan fingerprint density at radius 3 is 2.67 bits per heavy atom. The highest BCUT2D eigenvalue weighted by atomic mass is 35.5. The molecule has 114 valence electrons. The number of carbonyl (C=O) groups is 1. The van der Waals surface area contributed by atoms with E-state index < -0.39 is 4.92 Å². The smallest absolute Gasteiger partial charge is 0.269 e. The van der Waals surface area contributed by atoms with Gasteiger partial charge in [0.15, 0.2) is 0 Å². The molecule has 0 aliphatic heterocycles. The second kappa shape index (κ2) is 6.89. The van der Waals surface area contributed by atoms with Crippen LogP contribution in [0, 0.1) is 16.0 Å². The molecule has 1 aliphatic carbocycles. The molecular weight excluding hydrogens is 292 g/mol. The van der Waals surface area contributed by atoms with Crippen LogP contribution < -0.4 is 0 Å². The molecule has 0 aromatic heterocycles. The zero-order chi connectivity index (χ0) is 15.4. The minimum atomic E-state index is -0.456. The van der Waals surface area contributed by atoms with Crippen LogP contribution in [0.25, 0.3) is 0 Å². The van der Waals surface area contributed by atoms with E-state index in [4.69, 9.17) is 11.6 Å². The molecule has 0 bridgehead atoms. The van der Waals surface area contributed by atoms with E-state index in [1.807, 2.05) is 0 Å². The number of hydrogen-bond donors (Lipinski definition) is 0. The molecule has 0 atom stereocenters. The van der Waals surface area contributed by atoms with Gasteiger partial charge < -0.3 is 4.90 Å². The van der Waals surface area contributed by atoms with Crippen molar-refractivity contribution in [3.63, 3.8) is 0 Å². The largest absolute Gasteiger partial charge is 0.341 e. The van der Waals surface area contributed by atoms with Crippen molar-refractivity contribution < 1.29 is 9.72 Å². The fourth-order valence-electron chi connectivity index (χ4n) is 2.79. The quantitative estimate of drug-likeness (QED) is 0.628. The van der Waals surface area contributed by atoms with Crippen molar-refractivity contribution in [2.24, 2.45) is 5.92 Å². The van der Waals surface area contributed by atoms with Gasteiger partial charge in [0.25, 0.3) is 5.69 Å². The van der Waals surface area contributed by atoms with Crippen molar-refractivity contribution >= 4 is 23.2 Å². The van der Waals surface area contributed by atoms with Crippen LogP contribution in [0.5, 0.6) is 0 Å². The summed E-state index contributed by atoms with van der Waals surface area (Å²) < 4.78 is 0. The summed E-state index contributed by atoms with van der Waals surface area (Å²) in [4.78, 5) is 24.4. The Morgan fingerprint density at radius 1 is 1.38 bits per heavy atom. The summed E-state index contributed by atoms with van der Waals surface area (Å²) in [5, 5.41) is 11.3. The predicted molar refractivity (Wildman–Crippen MR) is 81.2 cm³/mol. The Kier molecular flexibility index (Phi) is 5.17. The molecule has 0 spiro atoms. The van der Waals surface area contributed by atoms with E-state index in [0.29, 0.717) is 17.1 Å². The van der Waals surface area contributed by atoms with E-state index in [2.05, 4.69) is 0 Å². The highest BCUT2D eigenvalue weighted by molar-refractivity contribution is 6.31. The van der Waals surface area contributed by atoms with E-state index in [9.17, 15) is 14.9 Å². The van der Waals surface area contributed by atoms with Crippen LogP contribution >= 0.6 is 11.6 Å². The summed E-state index contributed by atoms with van der Waals surface area (Å²) in [6.45, 7) is 0.301. The second-order valence-corrected chi connectivity index (χ2v) is 5.97. The number of nitro groups is 1. The normalized spacial score (nSPS) is 15.7.